The van der Waals surface area contributed by atoms with Crippen molar-refractivity contribution >= 4 is 23.5 Å². The summed E-state index contributed by atoms with van der Waals surface area (Å²) in [7, 11) is 0. The van der Waals surface area contributed by atoms with E-state index in [1.54, 1.807) is 19.9 Å². The zero-order valence-electron chi connectivity index (χ0n) is 18.9. The van der Waals surface area contributed by atoms with Crippen LogP contribution in [-0.4, -0.2) is 30.1 Å². The molecule has 0 bridgehead atoms. The van der Waals surface area contributed by atoms with Crippen LogP contribution >= 0.6 is 11.6 Å². The highest BCUT2D eigenvalue weighted by Crippen LogP contribution is 2.45. The molecule has 0 unspecified atom stereocenters. The van der Waals surface area contributed by atoms with E-state index in [-0.39, 0.29) is 13.2 Å². The van der Waals surface area contributed by atoms with Crippen molar-refractivity contribution in [1.82, 2.24) is 4.90 Å². The summed E-state index contributed by atoms with van der Waals surface area (Å²) in [5.41, 5.74) is 3.95. The highest BCUT2D eigenvalue weighted by atomic mass is 35.5. The highest BCUT2D eigenvalue weighted by Gasteiger charge is 2.41. The molecule has 2 aromatic rings. The van der Waals surface area contributed by atoms with Crippen LogP contribution in [0, 0.1) is 0 Å². The molecule has 3 rings (SSSR count). The molecular formula is C26H28ClNO4. The van der Waals surface area contributed by atoms with Gasteiger partial charge in [-0.05, 0) is 44.9 Å². The topological polar surface area (TPSA) is 55.8 Å². The Morgan fingerprint density at radius 3 is 1.84 bits per heavy atom. The van der Waals surface area contributed by atoms with Crippen LogP contribution in [0.4, 0.5) is 0 Å². The van der Waals surface area contributed by atoms with Crippen LogP contribution in [-0.2, 0) is 25.6 Å². The minimum absolute atomic E-state index is 0.223. The average molecular weight is 454 g/mol. The maximum atomic E-state index is 13.2. The molecule has 1 heterocycles. The van der Waals surface area contributed by atoms with Gasteiger partial charge in [0.05, 0.1) is 30.3 Å². The monoisotopic (exact) mass is 453 g/mol. The second kappa shape index (κ2) is 10.5. The lowest BCUT2D eigenvalue weighted by Gasteiger charge is -2.38. The number of allylic oxidation sites excluding steroid dienone is 2. The first-order valence-corrected chi connectivity index (χ1v) is 11.1. The fraction of sp³-hybridized carbons (Fsp3) is 0.308. The Morgan fingerprint density at radius 2 is 1.34 bits per heavy atom. The lowest BCUT2D eigenvalue weighted by Crippen LogP contribution is -2.35. The second-order valence-corrected chi connectivity index (χ2v) is 7.87. The van der Waals surface area contributed by atoms with Gasteiger partial charge in [0.15, 0.2) is 0 Å². The third-order valence-corrected chi connectivity index (χ3v) is 5.90. The molecule has 0 N–H and O–H groups in total. The predicted octanol–water partition coefficient (Wildman–Crippen LogP) is 5.61. The van der Waals surface area contributed by atoms with Crippen molar-refractivity contribution < 1.29 is 19.1 Å². The average Bonchev–Trinajstić information content (AvgIpc) is 2.77. The van der Waals surface area contributed by atoms with Crippen molar-refractivity contribution in [2.45, 2.75) is 40.2 Å². The molecule has 2 aromatic carbocycles. The third kappa shape index (κ3) is 4.73. The molecule has 1 aliphatic heterocycles. The number of esters is 2. The van der Waals surface area contributed by atoms with E-state index in [1.807, 2.05) is 67.3 Å². The van der Waals surface area contributed by atoms with Crippen molar-refractivity contribution in [3.63, 3.8) is 0 Å². The van der Waals surface area contributed by atoms with Gasteiger partial charge in [0, 0.05) is 23.0 Å². The molecule has 0 atom stereocenters. The van der Waals surface area contributed by atoms with Crippen LogP contribution in [0.2, 0.25) is 5.02 Å². The number of carbonyl (C=O) groups is 2. The Hall–Kier alpha value is -3.05. The summed E-state index contributed by atoms with van der Waals surface area (Å²) >= 11 is 6.55. The van der Waals surface area contributed by atoms with Gasteiger partial charge in [-0.2, -0.15) is 0 Å². The van der Waals surface area contributed by atoms with Gasteiger partial charge in [-0.1, -0.05) is 60.1 Å². The van der Waals surface area contributed by atoms with Crippen molar-refractivity contribution in [3.05, 3.63) is 93.3 Å². The Labute approximate surface area is 194 Å². The molecule has 32 heavy (non-hydrogen) atoms. The van der Waals surface area contributed by atoms with Gasteiger partial charge < -0.3 is 14.4 Å². The highest BCUT2D eigenvalue weighted by molar-refractivity contribution is 6.31. The summed E-state index contributed by atoms with van der Waals surface area (Å²) in [6, 6.07) is 17.1. The maximum Gasteiger partial charge on any atom is 0.336 e. The van der Waals surface area contributed by atoms with Crippen molar-refractivity contribution in [2.75, 3.05) is 13.2 Å². The zero-order chi connectivity index (χ0) is 23.3. The number of nitrogens with zero attached hydrogens (tertiary/aromatic N) is 1. The van der Waals surface area contributed by atoms with E-state index in [1.165, 1.54) is 0 Å². The van der Waals surface area contributed by atoms with Gasteiger partial charge in [0.25, 0.3) is 0 Å². The summed E-state index contributed by atoms with van der Waals surface area (Å²) < 4.78 is 10.8. The smallest absolute Gasteiger partial charge is 0.336 e. The summed E-state index contributed by atoms with van der Waals surface area (Å²) in [6.45, 7) is 8.23. The molecule has 0 saturated carbocycles. The van der Waals surface area contributed by atoms with E-state index in [9.17, 15) is 9.59 Å². The van der Waals surface area contributed by atoms with Gasteiger partial charge in [-0.3, -0.25) is 0 Å². The van der Waals surface area contributed by atoms with Crippen LogP contribution in [0.1, 0.15) is 44.7 Å². The van der Waals surface area contributed by atoms with E-state index >= 15 is 0 Å². The second-order valence-electron chi connectivity index (χ2n) is 7.47. The molecular weight excluding hydrogens is 426 g/mol. The summed E-state index contributed by atoms with van der Waals surface area (Å²) in [5.74, 6) is -1.63. The fourth-order valence-corrected chi connectivity index (χ4v) is 4.32. The molecule has 168 valence electrons. The minimum atomic E-state index is -0.686. The number of hydrogen-bond acceptors (Lipinski definition) is 5. The summed E-state index contributed by atoms with van der Waals surface area (Å²) in [4.78, 5) is 28.4. The molecule has 5 nitrogen and oxygen atoms in total. The Morgan fingerprint density at radius 1 is 0.844 bits per heavy atom. The van der Waals surface area contributed by atoms with Crippen LogP contribution in [0.3, 0.4) is 0 Å². The SMILES string of the molecule is CCOC(=O)C1=C(C)N(Cc2ccccc2)C(C)=C(C(=O)OCC)C1c1ccccc1Cl. The summed E-state index contributed by atoms with van der Waals surface area (Å²) in [6.07, 6.45) is 0. The lowest BCUT2D eigenvalue weighted by atomic mass is 9.79. The standard InChI is InChI=1S/C26H28ClNO4/c1-5-31-25(29)22-17(3)28(16-19-12-8-7-9-13-19)18(4)23(26(30)32-6-2)24(22)20-14-10-11-15-21(20)27/h7-15,24H,5-6,16H2,1-4H3. The number of hydrogen-bond donors (Lipinski definition) is 0. The number of benzene rings is 2. The quantitative estimate of drug-likeness (QED) is 0.510. The van der Waals surface area contributed by atoms with E-state index in [0.717, 1.165) is 17.0 Å². The van der Waals surface area contributed by atoms with Gasteiger partial charge in [-0.15, -0.1) is 0 Å². The first kappa shape index (κ1) is 23.6. The fourth-order valence-electron chi connectivity index (χ4n) is 4.08. The predicted molar refractivity (Wildman–Crippen MR) is 125 cm³/mol. The van der Waals surface area contributed by atoms with Gasteiger partial charge >= 0.3 is 11.9 Å². The number of carbonyl (C=O) groups excluding carboxylic acids is 2. The largest absolute Gasteiger partial charge is 0.463 e. The zero-order valence-corrected chi connectivity index (χ0v) is 19.6. The van der Waals surface area contributed by atoms with Crippen LogP contribution < -0.4 is 0 Å². The molecule has 0 amide bonds. The molecule has 0 radical (unpaired) electrons. The van der Waals surface area contributed by atoms with E-state index in [2.05, 4.69) is 0 Å². The normalized spacial score (nSPS) is 14.6. The number of halogens is 1. The molecule has 0 fully saturated rings. The van der Waals surface area contributed by atoms with Crippen LogP contribution in [0.25, 0.3) is 0 Å². The minimum Gasteiger partial charge on any atom is -0.463 e. The van der Waals surface area contributed by atoms with E-state index in [4.69, 9.17) is 21.1 Å². The van der Waals surface area contributed by atoms with E-state index < -0.39 is 17.9 Å². The first-order chi connectivity index (χ1) is 15.4. The molecule has 0 spiro atoms. The molecule has 0 aromatic heterocycles. The molecule has 0 saturated heterocycles. The molecule has 1 aliphatic rings. The van der Waals surface area contributed by atoms with Crippen LogP contribution in [0.15, 0.2) is 77.1 Å². The van der Waals surface area contributed by atoms with Crippen molar-refractivity contribution in [3.8, 4) is 0 Å². The van der Waals surface area contributed by atoms with E-state index in [0.29, 0.717) is 28.3 Å². The summed E-state index contributed by atoms with van der Waals surface area (Å²) in [5, 5.41) is 0.471. The lowest BCUT2D eigenvalue weighted by molar-refractivity contribution is -0.139. The molecule has 6 heteroatoms. The van der Waals surface area contributed by atoms with Gasteiger partial charge in [0.2, 0.25) is 0 Å². The number of ether oxygens (including phenoxy) is 2. The Balaban J connectivity index is 2.25. The first-order valence-electron chi connectivity index (χ1n) is 10.7. The Bertz CT molecular complexity index is 1020. The van der Waals surface area contributed by atoms with Crippen molar-refractivity contribution in [1.29, 1.82) is 0 Å². The van der Waals surface area contributed by atoms with Crippen LogP contribution in [0.5, 0.6) is 0 Å². The Kier molecular flexibility index (Phi) is 7.75. The van der Waals surface area contributed by atoms with Gasteiger partial charge in [-0.25, -0.2) is 9.59 Å². The van der Waals surface area contributed by atoms with Gasteiger partial charge in [0.1, 0.15) is 0 Å². The van der Waals surface area contributed by atoms with Crippen molar-refractivity contribution in [2.24, 2.45) is 0 Å². The molecule has 0 aliphatic carbocycles. The maximum absolute atomic E-state index is 13.2. The third-order valence-electron chi connectivity index (χ3n) is 5.56. The number of rotatable bonds is 7.